The van der Waals surface area contributed by atoms with Gasteiger partial charge in [-0.1, -0.05) is 39.3 Å². The van der Waals surface area contributed by atoms with Crippen molar-refractivity contribution in [2.45, 2.75) is 46.5 Å². The Morgan fingerprint density at radius 2 is 1.74 bits per heavy atom. The molecule has 19 heavy (non-hydrogen) atoms. The summed E-state index contributed by atoms with van der Waals surface area (Å²) in [6.07, 6.45) is 2.41. The third kappa shape index (κ3) is 4.34. The lowest BCUT2D eigenvalue weighted by molar-refractivity contribution is 0.547. The SMILES string of the molecule is CC(C)CN(CC(C)C)c1cc(Cl)nc(C2CC2)n1. The van der Waals surface area contributed by atoms with Gasteiger partial charge in [0.25, 0.3) is 0 Å². The summed E-state index contributed by atoms with van der Waals surface area (Å²) < 4.78 is 0. The van der Waals surface area contributed by atoms with Gasteiger partial charge in [-0.05, 0) is 24.7 Å². The molecule has 1 heterocycles. The second kappa shape index (κ2) is 6.08. The van der Waals surface area contributed by atoms with Gasteiger partial charge < -0.3 is 4.90 Å². The first-order valence-corrected chi connectivity index (χ1v) is 7.63. The van der Waals surface area contributed by atoms with Crippen LogP contribution < -0.4 is 4.90 Å². The van der Waals surface area contributed by atoms with Crippen LogP contribution in [0.25, 0.3) is 0 Å². The highest BCUT2D eigenvalue weighted by atomic mass is 35.5. The van der Waals surface area contributed by atoms with Crippen LogP contribution in [0.2, 0.25) is 5.15 Å². The van der Waals surface area contributed by atoms with Crippen LogP contribution in [0, 0.1) is 11.8 Å². The zero-order valence-electron chi connectivity index (χ0n) is 12.4. The smallest absolute Gasteiger partial charge is 0.135 e. The highest BCUT2D eigenvalue weighted by Gasteiger charge is 2.28. The maximum Gasteiger partial charge on any atom is 0.135 e. The Kier molecular flexibility index (Phi) is 4.67. The van der Waals surface area contributed by atoms with Gasteiger partial charge >= 0.3 is 0 Å². The minimum absolute atomic E-state index is 0.539. The summed E-state index contributed by atoms with van der Waals surface area (Å²) in [4.78, 5) is 11.4. The quantitative estimate of drug-likeness (QED) is 0.734. The Balaban J connectivity index is 2.23. The van der Waals surface area contributed by atoms with Crippen molar-refractivity contribution in [3.05, 3.63) is 17.0 Å². The van der Waals surface area contributed by atoms with Crippen LogP contribution in [0.3, 0.4) is 0 Å². The van der Waals surface area contributed by atoms with Crippen molar-refractivity contribution in [1.82, 2.24) is 9.97 Å². The van der Waals surface area contributed by atoms with Crippen molar-refractivity contribution in [2.24, 2.45) is 11.8 Å². The molecule has 0 bridgehead atoms. The lowest BCUT2D eigenvalue weighted by Gasteiger charge is -2.27. The molecule has 0 unspecified atom stereocenters. The Labute approximate surface area is 121 Å². The Bertz CT molecular complexity index is 417. The minimum Gasteiger partial charge on any atom is -0.356 e. The van der Waals surface area contributed by atoms with Crippen molar-refractivity contribution >= 4 is 17.4 Å². The number of hydrogen-bond acceptors (Lipinski definition) is 3. The molecule has 1 aromatic heterocycles. The molecular weight excluding hydrogens is 258 g/mol. The number of nitrogens with zero attached hydrogens (tertiary/aromatic N) is 3. The fraction of sp³-hybridized carbons (Fsp3) is 0.733. The maximum absolute atomic E-state index is 6.16. The molecule has 2 rings (SSSR count). The topological polar surface area (TPSA) is 29.0 Å². The van der Waals surface area contributed by atoms with Crippen LogP contribution in [0.1, 0.15) is 52.3 Å². The summed E-state index contributed by atoms with van der Waals surface area (Å²) in [7, 11) is 0. The number of rotatable bonds is 6. The summed E-state index contributed by atoms with van der Waals surface area (Å²) in [5.74, 6) is 3.68. The fourth-order valence-corrected chi connectivity index (χ4v) is 2.44. The molecule has 0 aromatic carbocycles. The van der Waals surface area contributed by atoms with E-state index in [1.807, 2.05) is 6.07 Å². The predicted molar refractivity (Wildman–Crippen MR) is 80.9 cm³/mol. The molecular formula is C15H24ClN3. The van der Waals surface area contributed by atoms with Gasteiger partial charge in [-0.15, -0.1) is 0 Å². The fourth-order valence-electron chi connectivity index (χ4n) is 2.25. The van der Waals surface area contributed by atoms with Crippen LogP contribution >= 0.6 is 11.6 Å². The van der Waals surface area contributed by atoms with Gasteiger partial charge in [0.05, 0.1) is 0 Å². The molecule has 1 fully saturated rings. The molecule has 0 amide bonds. The van der Waals surface area contributed by atoms with Crippen molar-refractivity contribution in [1.29, 1.82) is 0 Å². The van der Waals surface area contributed by atoms with Gasteiger partial charge in [0.2, 0.25) is 0 Å². The van der Waals surface area contributed by atoms with Gasteiger partial charge in [-0.25, -0.2) is 9.97 Å². The minimum atomic E-state index is 0.539. The van der Waals surface area contributed by atoms with Crippen LogP contribution in [0.5, 0.6) is 0 Å². The summed E-state index contributed by atoms with van der Waals surface area (Å²) >= 11 is 6.16. The van der Waals surface area contributed by atoms with Gasteiger partial charge in [-0.2, -0.15) is 0 Å². The number of aromatic nitrogens is 2. The average molecular weight is 282 g/mol. The third-order valence-corrected chi connectivity index (χ3v) is 3.33. The van der Waals surface area contributed by atoms with Crippen molar-refractivity contribution in [3.63, 3.8) is 0 Å². The predicted octanol–water partition coefficient (Wildman–Crippen LogP) is 4.13. The molecule has 0 atom stereocenters. The number of hydrogen-bond donors (Lipinski definition) is 0. The van der Waals surface area contributed by atoms with Gasteiger partial charge in [0.15, 0.2) is 0 Å². The molecule has 0 N–H and O–H groups in total. The summed E-state index contributed by atoms with van der Waals surface area (Å²) in [5.41, 5.74) is 0. The summed E-state index contributed by atoms with van der Waals surface area (Å²) in [6.45, 7) is 11.0. The van der Waals surface area contributed by atoms with E-state index in [0.717, 1.165) is 24.7 Å². The molecule has 4 heteroatoms. The van der Waals surface area contributed by atoms with Crippen molar-refractivity contribution in [2.75, 3.05) is 18.0 Å². The molecule has 1 aromatic rings. The zero-order chi connectivity index (χ0) is 14.0. The van der Waals surface area contributed by atoms with Crippen LogP contribution in [0.15, 0.2) is 6.07 Å². The first kappa shape index (κ1) is 14.6. The van der Waals surface area contributed by atoms with Gasteiger partial charge in [0.1, 0.15) is 16.8 Å². The molecule has 0 radical (unpaired) electrons. The monoisotopic (exact) mass is 281 g/mol. The highest BCUT2D eigenvalue weighted by Crippen LogP contribution is 2.39. The number of halogens is 1. The second-order valence-electron chi connectivity index (χ2n) is 6.37. The van der Waals surface area contributed by atoms with Crippen molar-refractivity contribution in [3.8, 4) is 0 Å². The van der Waals surface area contributed by atoms with E-state index in [1.165, 1.54) is 12.8 Å². The van der Waals surface area contributed by atoms with Crippen LogP contribution in [-0.4, -0.2) is 23.1 Å². The summed E-state index contributed by atoms with van der Waals surface area (Å²) in [5, 5.41) is 0.574. The highest BCUT2D eigenvalue weighted by molar-refractivity contribution is 6.29. The lowest BCUT2D eigenvalue weighted by atomic mass is 10.1. The normalized spacial score (nSPS) is 15.3. The molecule has 1 aliphatic carbocycles. The van der Waals surface area contributed by atoms with E-state index in [-0.39, 0.29) is 0 Å². The average Bonchev–Trinajstić information content (AvgIpc) is 3.09. The van der Waals surface area contributed by atoms with Crippen LogP contribution in [0.4, 0.5) is 5.82 Å². The van der Waals surface area contributed by atoms with E-state index in [4.69, 9.17) is 16.6 Å². The third-order valence-electron chi connectivity index (χ3n) is 3.14. The van der Waals surface area contributed by atoms with E-state index >= 15 is 0 Å². The molecule has 106 valence electrons. The van der Waals surface area contributed by atoms with Gasteiger partial charge in [0, 0.05) is 25.1 Å². The van der Waals surface area contributed by atoms with Gasteiger partial charge in [-0.3, -0.25) is 0 Å². The zero-order valence-corrected chi connectivity index (χ0v) is 13.1. The van der Waals surface area contributed by atoms with E-state index in [9.17, 15) is 0 Å². The number of anilines is 1. The standard InChI is InChI=1S/C15H24ClN3/c1-10(2)8-19(9-11(3)4)14-7-13(16)17-15(18-14)12-5-6-12/h7,10-12H,5-6,8-9H2,1-4H3. The Hall–Kier alpha value is -0.830. The second-order valence-corrected chi connectivity index (χ2v) is 6.76. The molecule has 0 spiro atoms. The summed E-state index contributed by atoms with van der Waals surface area (Å²) in [6, 6.07) is 1.90. The lowest BCUT2D eigenvalue weighted by Crippen LogP contribution is -2.32. The molecule has 3 nitrogen and oxygen atoms in total. The first-order valence-electron chi connectivity index (χ1n) is 7.25. The van der Waals surface area contributed by atoms with E-state index in [2.05, 4.69) is 37.6 Å². The van der Waals surface area contributed by atoms with E-state index in [0.29, 0.717) is 22.9 Å². The largest absolute Gasteiger partial charge is 0.356 e. The van der Waals surface area contributed by atoms with Crippen LogP contribution in [-0.2, 0) is 0 Å². The van der Waals surface area contributed by atoms with E-state index < -0.39 is 0 Å². The Morgan fingerprint density at radius 1 is 1.16 bits per heavy atom. The molecule has 0 saturated heterocycles. The van der Waals surface area contributed by atoms with E-state index in [1.54, 1.807) is 0 Å². The molecule has 0 aliphatic heterocycles. The maximum atomic E-state index is 6.16. The molecule has 1 saturated carbocycles. The molecule has 1 aliphatic rings. The van der Waals surface area contributed by atoms with Crippen molar-refractivity contribution < 1.29 is 0 Å². The first-order chi connectivity index (χ1) is 8.95. The Morgan fingerprint density at radius 3 is 2.21 bits per heavy atom.